The van der Waals surface area contributed by atoms with Gasteiger partial charge in [0.25, 0.3) is 0 Å². The number of nitrogens with one attached hydrogen (secondary N) is 1. The summed E-state index contributed by atoms with van der Waals surface area (Å²) in [6.45, 7) is 2.06. The van der Waals surface area contributed by atoms with Crippen LogP contribution in [0.5, 0.6) is 11.5 Å². The van der Waals surface area contributed by atoms with Crippen LogP contribution in [0.1, 0.15) is 10.4 Å². The van der Waals surface area contributed by atoms with E-state index in [-0.39, 0.29) is 0 Å². The van der Waals surface area contributed by atoms with Crippen LogP contribution < -0.4 is 14.9 Å². The third-order valence-corrected chi connectivity index (χ3v) is 5.14. The molecule has 7 heteroatoms. The van der Waals surface area contributed by atoms with Crippen molar-refractivity contribution < 1.29 is 9.47 Å². The predicted octanol–water partition coefficient (Wildman–Crippen LogP) is 5.34. The zero-order valence-corrected chi connectivity index (χ0v) is 17.0. The summed E-state index contributed by atoms with van der Waals surface area (Å²) in [5.41, 5.74) is 5.95. The molecule has 0 saturated heterocycles. The summed E-state index contributed by atoms with van der Waals surface area (Å²) in [5.74, 6) is 1.29. The number of aryl methyl sites for hydroxylation is 1. The highest BCUT2D eigenvalue weighted by Gasteiger charge is 2.10. The Morgan fingerprint density at radius 1 is 1.15 bits per heavy atom. The molecule has 0 bridgehead atoms. The number of hydrogen-bond acceptors (Lipinski definition) is 6. The maximum absolute atomic E-state index is 5.34. The van der Waals surface area contributed by atoms with Crippen molar-refractivity contribution in [3.05, 3.63) is 57.4 Å². The summed E-state index contributed by atoms with van der Waals surface area (Å²) in [6.07, 6.45) is 1.71. The van der Waals surface area contributed by atoms with E-state index < -0.39 is 0 Å². The summed E-state index contributed by atoms with van der Waals surface area (Å²) >= 11 is 5.05. The lowest BCUT2D eigenvalue weighted by Gasteiger charge is -2.10. The van der Waals surface area contributed by atoms with Gasteiger partial charge in [-0.05, 0) is 40.5 Å². The molecule has 0 amide bonds. The van der Waals surface area contributed by atoms with Crippen molar-refractivity contribution in [2.45, 2.75) is 6.92 Å². The van der Waals surface area contributed by atoms with Crippen molar-refractivity contribution in [3.63, 3.8) is 0 Å². The largest absolute Gasteiger partial charge is 0.493 e. The topological polar surface area (TPSA) is 55.7 Å². The smallest absolute Gasteiger partial charge is 0.204 e. The van der Waals surface area contributed by atoms with Gasteiger partial charge in [-0.15, -0.1) is 11.3 Å². The zero-order chi connectivity index (χ0) is 18.5. The number of hydrazone groups is 1. The highest BCUT2D eigenvalue weighted by molar-refractivity contribution is 9.10. The minimum Gasteiger partial charge on any atom is -0.493 e. The van der Waals surface area contributed by atoms with Gasteiger partial charge in [0.1, 0.15) is 0 Å². The van der Waals surface area contributed by atoms with Crippen molar-refractivity contribution in [1.29, 1.82) is 0 Å². The first-order valence-electron chi connectivity index (χ1n) is 7.86. The van der Waals surface area contributed by atoms with E-state index >= 15 is 0 Å². The second-order valence-electron chi connectivity index (χ2n) is 5.40. The molecule has 26 heavy (non-hydrogen) atoms. The summed E-state index contributed by atoms with van der Waals surface area (Å²) in [6, 6.07) is 13.9. The van der Waals surface area contributed by atoms with Gasteiger partial charge in [-0.2, -0.15) is 5.10 Å². The fraction of sp³-hybridized carbons (Fsp3) is 0.158. The Labute approximate surface area is 164 Å². The quantitative estimate of drug-likeness (QED) is 0.422. The third-order valence-electron chi connectivity index (χ3n) is 3.67. The van der Waals surface area contributed by atoms with Crippen LogP contribution in [0.3, 0.4) is 0 Å². The van der Waals surface area contributed by atoms with Gasteiger partial charge in [-0.25, -0.2) is 4.98 Å². The monoisotopic (exact) mass is 431 g/mol. The fourth-order valence-corrected chi connectivity index (χ4v) is 3.89. The summed E-state index contributed by atoms with van der Waals surface area (Å²) in [7, 11) is 3.21. The zero-order valence-electron chi connectivity index (χ0n) is 14.6. The minimum atomic E-state index is 0.639. The molecule has 0 atom stereocenters. The molecule has 2 aromatic carbocycles. The molecule has 0 unspecified atom stereocenters. The van der Waals surface area contributed by atoms with Crippen molar-refractivity contribution in [1.82, 2.24) is 4.98 Å². The number of aromatic nitrogens is 1. The van der Waals surface area contributed by atoms with Gasteiger partial charge in [-0.1, -0.05) is 30.3 Å². The lowest BCUT2D eigenvalue weighted by Crippen LogP contribution is -1.95. The van der Waals surface area contributed by atoms with Gasteiger partial charge < -0.3 is 9.47 Å². The highest BCUT2D eigenvalue weighted by Crippen LogP contribution is 2.36. The number of ether oxygens (including phenoxy) is 2. The first-order chi connectivity index (χ1) is 12.6. The van der Waals surface area contributed by atoms with Crippen molar-refractivity contribution >= 4 is 38.6 Å². The lowest BCUT2D eigenvalue weighted by molar-refractivity contribution is 0.353. The molecular weight excluding hydrogens is 414 g/mol. The minimum absolute atomic E-state index is 0.639. The molecule has 0 spiro atoms. The number of benzene rings is 2. The number of nitrogens with zero attached hydrogens (tertiary/aromatic N) is 2. The Morgan fingerprint density at radius 3 is 2.62 bits per heavy atom. The number of hydrogen-bond donors (Lipinski definition) is 1. The normalized spacial score (nSPS) is 10.9. The van der Waals surface area contributed by atoms with E-state index in [0.29, 0.717) is 11.5 Å². The van der Waals surface area contributed by atoms with Crippen LogP contribution in [0.4, 0.5) is 5.13 Å². The average molecular weight is 432 g/mol. The van der Waals surface area contributed by atoms with Gasteiger partial charge >= 0.3 is 0 Å². The molecule has 3 rings (SSSR count). The fourth-order valence-electron chi connectivity index (χ4n) is 2.48. The van der Waals surface area contributed by atoms with E-state index in [9.17, 15) is 0 Å². The number of rotatable bonds is 6. The highest BCUT2D eigenvalue weighted by atomic mass is 79.9. The Kier molecular flexibility index (Phi) is 5.90. The Morgan fingerprint density at radius 2 is 1.92 bits per heavy atom. The maximum Gasteiger partial charge on any atom is 0.204 e. The maximum atomic E-state index is 5.34. The Balaban J connectivity index is 1.76. The lowest BCUT2D eigenvalue weighted by atomic mass is 10.1. The van der Waals surface area contributed by atoms with E-state index in [1.54, 1.807) is 31.8 Å². The molecule has 5 nitrogen and oxygen atoms in total. The molecule has 0 aliphatic heterocycles. The van der Waals surface area contributed by atoms with Crippen LogP contribution in [0.2, 0.25) is 0 Å². The summed E-state index contributed by atoms with van der Waals surface area (Å²) in [5, 5.41) is 5.04. The van der Waals surface area contributed by atoms with Crippen molar-refractivity contribution in [2.75, 3.05) is 19.6 Å². The molecule has 1 N–H and O–H groups in total. The number of halogens is 1. The van der Waals surface area contributed by atoms with Gasteiger partial charge in [0, 0.05) is 10.4 Å². The average Bonchev–Trinajstić information content (AvgIpc) is 3.02. The van der Waals surface area contributed by atoms with Crippen LogP contribution in [0.25, 0.3) is 11.3 Å². The van der Waals surface area contributed by atoms with Crippen LogP contribution in [-0.4, -0.2) is 25.4 Å². The second kappa shape index (κ2) is 8.33. The molecule has 0 saturated carbocycles. The molecular formula is C19H18BrN3O2S. The third kappa shape index (κ3) is 4.05. The van der Waals surface area contributed by atoms with Gasteiger partial charge in [0.05, 0.1) is 30.6 Å². The van der Waals surface area contributed by atoms with Gasteiger partial charge in [0.2, 0.25) is 5.13 Å². The summed E-state index contributed by atoms with van der Waals surface area (Å²) in [4.78, 5) is 5.77. The van der Waals surface area contributed by atoms with Crippen LogP contribution in [-0.2, 0) is 0 Å². The molecule has 134 valence electrons. The van der Waals surface area contributed by atoms with E-state index in [1.165, 1.54) is 0 Å². The van der Waals surface area contributed by atoms with Crippen LogP contribution in [0, 0.1) is 6.92 Å². The van der Waals surface area contributed by atoms with E-state index in [2.05, 4.69) is 50.5 Å². The molecule has 0 aliphatic carbocycles. The first kappa shape index (κ1) is 18.4. The summed E-state index contributed by atoms with van der Waals surface area (Å²) < 4.78 is 11.5. The molecule has 1 aromatic heterocycles. The number of methoxy groups -OCH3 is 2. The number of anilines is 1. The molecule has 0 fully saturated rings. The first-order valence-corrected chi connectivity index (χ1v) is 9.46. The molecule has 0 radical (unpaired) electrons. The van der Waals surface area contributed by atoms with E-state index in [1.807, 2.05) is 30.3 Å². The Bertz CT molecular complexity index is 926. The van der Waals surface area contributed by atoms with Gasteiger partial charge in [0.15, 0.2) is 11.5 Å². The van der Waals surface area contributed by atoms with Gasteiger partial charge in [-0.3, -0.25) is 5.43 Å². The Hall–Kier alpha value is -2.38. The van der Waals surface area contributed by atoms with Crippen molar-refractivity contribution in [3.8, 4) is 22.8 Å². The molecule has 3 aromatic rings. The standard InChI is InChI=1S/C19H18BrN3O2S/c1-12-17(14-7-5-4-6-8-14)22-19(26-12)23-21-11-13-9-15(20)18(25-3)16(10-13)24-2/h4-11H,1-3H3,(H,22,23)/b21-11-. The second-order valence-corrected chi connectivity index (χ2v) is 7.46. The van der Waals surface area contributed by atoms with Crippen molar-refractivity contribution in [2.24, 2.45) is 5.10 Å². The van der Waals surface area contributed by atoms with E-state index in [4.69, 9.17) is 9.47 Å². The van der Waals surface area contributed by atoms with E-state index in [0.717, 1.165) is 31.3 Å². The predicted molar refractivity (Wildman–Crippen MR) is 111 cm³/mol. The molecule has 0 aliphatic rings. The SMILES string of the molecule is COc1cc(/C=N\Nc2nc(-c3ccccc3)c(C)s2)cc(Br)c1OC. The number of thiazole rings is 1. The molecule has 1 heterocycles. The van der Waals surface area contributed by atoms with Crippen LogP contribution >= 0.6 is 27.3 Å². The van der Waals surface area contributed by atoms with Crippen LogP contribution in [0.15, 0.2) is 52.0 Å².